The molecule has 3 saturated carbocycles. The molecule has 4 amide bonds. The number of amides is 4. The van der Waals surface area contributed by atoms with E-state index in [2.05, 4.69) is 87.9 Å². The lowest BCUT2D eigenvalue weighted by molar-refractivity contribution is 0.0943. The first-order chi connectivity index (χ1) is 70.8. The number of thiophene rings is 1. The quantitative estimate of drug-likeness (QED) is 0.0341. The number of benzene rings is 13. The maximum atomic E-state index is 13.8. The lowest BCUT2D eigenvalue weighted by atomic mass is 9.84. The fourth-order valence-corrected chi connectivity index (χ4v) is 20.5. The van der Waals surface area contributed by atoms with Gasteiger partial charge < -0.3 is 40.2 Å². The van der Waals surface area contributed by atoms with Gasteiger partial charge in [-0.3, -0.25) is 19.2 Å². The van der Waals surface area contributed by atoms with Crippen LogP contribution in [0.4, 0.5) is 22.0 Å². The number of hydrogen-bond donors (Lipinski definition) is 4. The lowest BCUT2D eigenvalue weighted by Crippen LogP contribution is -2.25. The second-order valence-corrected chi connectivity index (χ2v) is 39.7. The molecule has 3 aliphatic carbocycles. The standard InChI is InChI=1S/C32H34N2O2.C31H30F2N2O2.C31H25F2NO2S.C31H31FN2O2/c1-21(2)28-29(32(35)33-20-23-12-6-4-7-13-23)26-18-19-27(36-25-16-10-11-17-25)22(3)30(26)34-31(28)24-14-8-5-9-15-24;1-19(2)28-29(31(36)34-18-20-12-14-25(32)26(33)16-20)24-17-23(37-22-10-6-7-11-22)13-15-27(24)35-30(28)21-8-4-3-5-9-21;1-19(2)29-25(21-7-4-3-5-8-21)17-22-16-23(36-28-9-6-14-37-28)11-12-24(22)30(29)31(35)34-18-20-10-13-26(32)27(33)15-20;1-20(2)28-29(31(35)33-19-21-9-8-12-23(32)17-21)26-18-25(36-24-13-6-7-14-24)15-16-27(26)34-30(28)22-10-4-3-5-11-22/h4-9,12-15,18-19,21,25H,10-11,16-17,20H2,1-3H3,(H,33,35);3-5,8-9,12-17,19,22H,6-7,10-11,18H2,1-2H3,(H,34,36);3-17,19H,18H2,1-2H3,(H,34,35);3-5,8-12,15-18,20,24H,6-7,13-14,19H2,1-2H3,(H,33,35). The van der Waals surface area contributed by atoms with Gasteiger partial charge in [0.1, 0.15) is 28.8 Å². The summed E-state index contributed by atoms with van der Waals surface area (Å²) in [5.41, 5.74) is 19.3. The molecule has 3 fully saturated rings. The van der Waals surface area contributed by atoms with E-state index in [0.717, 1.165) is 209 Å². The molecule has 4 aromatic heterocycles. The lowest BCUT2D eigenvalue weighted by Gasteiger charge is -2.22. The number of aromatic nitrogens is 3. The van der Waals surface area contributed by atoms with E-state index in [4.69, 9.17) is 33.9 Å². The van der Waals surface area contributed by atoms with Crippen LogP contribution >= 0.6 is 11.3 Å². The monoisotopic (exact) mass is 1970 g/mol. The number of halogens is 5. The fourth-order valence-electron chi connectivity index (χ4n) is 19.9. The molecule has 3 aliphatic rings. The van der Waals surface area contributed by atoms with E-state index >= 15 is 0 Å². The Morgan fingerprint density at radius 3 is 1.14 bits per heavy atom. The van der Waals surface area contributed by atoms with Crippen molar-refractivity contribution in [3.05, 3.63) is 404 Å². The highest BCUT2D eigenvalue weighted by Crippen LogP contribution is 2.45. The molecule has 0 radical (unpaired) electrons. The van der Waals surface area contributed by atoms with Gasteiger partial charge in [-0.2, -0.15) is 0 Å². The number of carbonyl (C=O) groups is 4. The number of nitrogens with zero attached hydrogens (tertiary/aromatic N) is 3. The maximum Gasteiger partial charge on any atom is 0.252 e. The molecule has 744 valence electrons. The largest absolute Gasteiger partial charge is 0.490 e. The summed E-state index contributed by atoms with van der Waals surface area (Å²) in [5.74, 6) is -1.65. The van der Waals surface area contributed by atoms with Gasteiger partial charge in [-0.25, -0.2) is 36.9 Å². The molecule has 0 saturated heterocycles. The summed E-state index contributed by atoms with van der Waals surface area (Å²) in [7, 11) is 0. The highest BCUT2D eigenvalue weighted by molar-refractivity contribution is 7.11. The third-order valence-electron chi connectivity index (χ3n) is 27.0. The number of pyridine rings is 3. The Kier molecular flexibility index (Phi) is 33.3. The molecular formula is C125H120F5N7O8S. The third-order valence-corrected chi connectivity index (χ3v) is 27.8. The van der Waals surface area contributed by atoms with Crippen molar-refractivity contribution < 1.29 is 60.1 Å². The minimum Gasteiger partial charge on any atom is -0.490 e. The Labute approximate surface area is 853 Å². The van der Waals surface area contributed by atoms with Crippen LogP contribution in [-0.4, -0.2) is 56.9 Å². The van der Waals surface area contributed by atoms with E-state index < -0.39 is 23.3 Å². The Hall–Kier alpha value is -15.2. The second-order valence-electron chi connectivity index (χ2n) is 38.8. The van der Waals surface area contributed by atoms with E-state index in [9.17, 15) is 41.1 Å². The molecule has 4 N–H and O–H groups in total. The summed E-state index contributed by atoms with van der Waals surface area (Å²) in [6, 6.07) is 90.8. The van der Waals surface area contributed by atoms with E-state index in [0.29, 0.717) is 62.1 Å². The minimum absolute atomic E-state index is 0.00414. The van der Waals surface area contributed by atoms with Crippen LogP contribution in [0.3, 0.4) is 0 Å². The summed E-state index contributed by atoms with van der Waals surface area (Å²) in [5, 5.41) is 18.8. The van der Waals surface area contributed by atoms with Crippen LogP contribution in [0.25, 0.3) is 88.4 Å². The summed E-state index contributed by atoms with van der Waals surface area (Å²) in [6.07, 6.45) is 14.2. The van der Waals surface area contributed by atoms with Gasteiger partial charge in [0.25, 0.3) is 23.6 Å². The topological polar surface area (TPSA) is 192 Å². The Balaban J connectivity index is 0.000000133. The molecule has 0 spiro atoms. The zero-order valence-corrected chi connectivity index (χ0v) is 84.4. The number of ether oxygens (including phenoxy) is 4. The first-order valence-corrected chi connectivity index (χ1v) is 51.5. The molecule has 15 nitrogen and oxygen atoms in total. The van der Waals surface area contributed by atoms with Gasteiger partial charge in [0.05, 0.1) is 74.2 Å². The Morgan fingerprint density at radius 2 is 0.719 bits per heavy atom. The van der Waals surface area contributed by atoms with Gasteiger partial charge in [-0.15, -0.1) is 11.3 Å². The number of carbonyl (C=O) groups excluding carboxylic acids is 4. The van der Waals surface area contributed by atoms with Crippen LogP contribution < -0.4 is 40.2 Å². The van der Waals surface area contributed by atoms with Crippen molar-refractivity contribution in [2.45, 2.75) is 208 Å². The first kappa shape index (κ1) is 102. The van der Waals surface area contributed by atoms with E-state index in [-0.39, 0.29) is 91.1 Å². The number of nitrogens with one attached hydrogen (secondary N) is 4. The second kappa shape index (κ2) is 47.5. The van der Waals surface area contributed by atoms with Crippen molar-refractivity contribution in [1.29, 1.82) is 0 Å². The third kappa shape index (κ3) is 24.5. The highest BCUT2D eigenvalue weighted by Gasteiger charge is 2.32. The minimum atomic E-state index is -0.941. The van der Waals surface area contributed by atoms with Crippen LogP contribution in [0, 0.1) is 36.0 Å². The predicted molar refractivity (Wildman–Crippen MR) is 575 cm³/mol. The van der Waals surface area contributed by atoms with E-state index in [1.165, 1.54) is 61.3 Å². The summed E-state index contributed by atoms with van der Waals surface area (Å²) in [4.78, 5) is 70.4. The smallest absolute Gasteiger partial charge is 0.252 e. The molecule has 0 unspecified atom stereocenters. The molecule has 20 rings (SSSR count). The van der Waals surface area contributed by atoms with Crippen molar-refractivity contribution in [2.24, 2.45) is 0 Å². The van der Waals surface area contributed by atoms with Crippen LogP contribution in [0.2, 0.25) is 0 Å². The van der Waals surface area contributed by atoms with Gasteiger partial charge in [0.2, 0.25) is 0 Å². The Bertz CT molecular complexity index is 7510. The Morgan fingerprint density at radius 1 is 0.336 bits per heavy atom. The SMILES string of the molecule is CC(C)c1c(-c2ccccc2)cc2cc(Oc3cccs3)ccc2c1C(=O)NCc1ccc(F)c(F)c1.CC(C)c1c(-c2ccccc2)nc2ccc(OC3CCCC3)cc2c1C(=O)NCc1ccc(F)c(F)c1.CC(C)c1c(-c2ccccc2)nc2ccc(OC3CCCC3)cc2c1C(=O)NCc1cccc(F)c1.Cc1c(OC2CCCC2)ccc2c(C(=O)NCc3ccccc3)c(C(C)C)c(-c3ccccc3)nc12. The highest BCUT2D eigenvalue weighted by atomic mass is 32.1. The van der Waals surface area contributed by atoms with Crippen molar-refractivity contribution in [3.63, 3.8) is 0 Å². The van der Waals surface area contributed by atoms with Crippen LogP contribution in [0.5, 0.6) is 28.1 Å². The van der Waals surface area contributed by atoms with E-state index in [1.807, 2.05) is 238 Å². The molecule has 21 heteroatoms. The fraction of sp³-hybridized carbons (Fsp3) is 0.256. The number of rotatable bonds is 28. The van der Waals surface area contributed by atoms with E-state index in [1.54, 1.807) is 12.1 Å². The molecular weight excluding hydrogens is 1850 g/mol. The average molecular weight is 1980 g/mol. The van der Waals surface area contributed by atoms with Crippen molar-refractivity contribution in [1.82, 2.24) is 36.2 Å². The first-order valence-electron chi connectivity index (χ1n) is 50.6. The normalized spacial score (nSPS) is 13.2. The predicted octanol–water partition coefficient (Wildman–Crippen LogP) is 31.2. The molecule has 0 aliphatic heterocycles. The molecule has 13 aromatic carbocycles. The number of hydrogen-bond acceptors (Lipinski definition) is 12. The van der Waals surface area contributed by atoms with Gasteiger partial charge in [-0.1, -0.05) is 231 Å². The van der Waals surface area contributed by atoms with Crippen LogP contribution in [0.15, 0.2) is 303 Å². The van der Waals surface area contributed by atoms with Gasteiger partial charge in [0, 0.05) is 64.6 Å². The van der Waals surface area contributed by atoms with Gasteiger partial charge >= 0.3 is 0 Å². The van der Waals surface area contributed by atoms with Crippen LogP contribution in [0.1, 0.15) is 248 Å². The molecule has 17 aromatic rings. The summed E-state index contributed by atoms with van der Waals surface area (Å²) < 4.78 is 92.9. The number of aryl methyl sites for hydroxylation is 1. The van der Waals surface area contributed by atoms with Crippen molar-refractivity contribution in [2.75, 3.05) is 0 Å². The van der Waals surface area contributed by atoms with Gasteiger partial charge in [-0.05, 0) is 301 Å². The van der Waals surface area contributed by atoms with Gasteiger partial charge in [0.15, 0.2) is 28.3 Å². The molecule has 0 bridgehead atoms. The molecule has 4 heterocycles. The summed E-state index contributed by atoms with van der Waals surface area (Å²) in [6.45, 7) is 19.6. The zero-order valence-electron chi connectivity index (χ0n) is 83.6. The van der Waals surface area contributed by atoms with Crippen LogP contribution in [-0.2, 0) is 26.2 Å². The average Bonchev–Trinajstić information content (AvgIpc) is 0.919. The van der Waals surface area contributed by atoms with Crippen molar-refractivity contribution >= 4 is 78.4 Å². The molecule has 146 heavy (non-hydrogen) atoms. The van der Waals surface area contributed by atoms with Crippen molar-refractivity contribution in [3.8, 4) is 73.0 Å². The number of fused-ring (bicyclic) bond motifs is 4. The maximum absolute atomic E-state index is 13.8. The zero-order chi connectivity index (χ0) is 102. The summed E-state index contributed by atoms with van der Waals surface area (Å²) >= 11 is 1.51. The molecule has 0 atom stereocenters.